The van der Waals surface area contributed by atoms with Crippen LogP contribution in [0.15, 0.2) is 65.1 Å². The number of aromatic nitrogens is 1. The molecule has 0 fully saturated rings. The Morgan fingerprint density at radius 1 is 1.00 bits per heavy atom. The van der Waals surface area contributed by atoms with Gasteiger partial charge in [0.25, 0.3) is 0 Å². The van der Waals surface area contributed by atoms with E-state index in [4.69, 9.17) is 16.7 Å². The van der Waals surface area contributed by atoms with E-state index >= 15 is 0 Å². The maximum atomic E-state index is 10.9. The van der Waals surface area contributed by atoms with Crippen molar-refractivity contribution in [2.24, 2.45) is 0 Å². The van der Waals surface area contributed by atoms with Gasteiger partial charge in [0.2, 0.25) is 0 Å². The van der Waals surface area contributed by atoms with Crippen LogP contribution in [0, 0.1) is 0 Å². The first kappa shape index (κ1) is 16.8. The van der Waals surface area contributed by atoms with E-state index in [1.54, 1.807) is 0 Å². The Labute approximate surface area is 153 Å². The highest BCUT2D eigenvalue weighted by Gasteiger charge is 2.13. The zero-order valence-electron chi connectivity index (χ0n) is 12.7. The lowest BCUT2D eigenvalue weighted by molar-refractivity contribution is -0.136. The third-order valence-electron chi connectivity index (χ3n) is 3.78. The highest BCUT2D eigenvalue weighted by atomic mass is 79.9. The summed E-state index contributed by atoms with van der Waals surface area (Å²) in [6.45, 7) is 0. The average molecular weight is 405 g/mol. The molecule has 0 aliphatic carbocycles. The van der Waals surface area contributed by atoms with Crippen LogP contribution in [-0.4, -0.2) is 15.6 Å². The van der Waals surface area contributed by atoms with Gasteiger partial charge in [0.1, 0.15) is 0 Å². The van der Waals surface area contributed by atoms with Crippen molar-refractivity contribution in [2.45, 2.75) is 12.8 Å². The van der Waals surface area contributed by atoms with Gasteiger partial charge in [-0.15, -0.1) is 0 Å². The fourth-order valence-corrected chi connectivity index (χ4v) is 3.04. The Kier molecular flexibility index (Phi) is 5.07. The molecule has 0 unspecified atom stereocenters. The van der Waals surface area contributed by atoms with E-state index in [1.807, 2.05) is 60.7 Å². The third-order valence-corrected chi connectivity index (χ3v) is 4.56. The van der Waals surface area contributed by atoms with E-state index in [1.165, 1.54) is 0 Å². The molecule has 0 radical (unpaired) electrons. The largest absolute Gasteiger partial charge is 0.481 e. The number of aryl methyl sites for hydroxylation is 1. The van der Waals surface area contributed by atoms with Crippen molar-refractivity contribution >= 4 is 33.5 Å². The lowest BCUT2D eigenvalue weighted by Gasteiger charge is -2.14. The monoisotopic (exact) mass is 403 g/mol. The molecule has 3 rings (SSSR count). The molecule has 3 aromatic rings. The molecule has 1 aromatic heterocycles. The zero-order valence-corrected chi connectivity index (χ0v) is 15.1. The molecule has 1 heterocycles. The van der Waals surface area contributed by atoms with Crippen molar-refractivity contribution in [3.63, 3.8) is 0 Å². The van der Waals surface area contributed by atoms with Crippen molar-refractivity contribution in [2.75, 3.05) is 0 Å². The molecule has 0 amide bonds. The van der Waals surface area contributed by atoms with Crippen LogP contribution in [0.4, 0.5) is 0 Å². The van der Waals surface area contributed by atoms with Gasteiger partial charge in [-0.3, -0.25) is 4.79 Å². The Balaban J connectivity index is 2.09. The van der Waals surface area contributed by atoms with Crippen molar-refractivity contribution < 1.29 is 9.90 Å². The molecule has 0 spiro atoms. The van der Waals surface area contributed by atoms with E-state index in [9.17, 15) is 4.79 Å². The van der Waals surface area contributed by atoms with Crippen LogP contribution >= 0.6 is 27.5 Å². The fraction of sp³-hybridized carbons (Fsp3) is 0.105. The SMILES string of the molecule is O=C(O)CCc1ccc(-c2ccc(Br)cc2)n1-c1ccc(Cl)cc1. The predicted molar refractivity (Wildman–Crippen MR) is 99.9 cm³/mol. The first-order valence-electron chi connectivity index (χ1n) is 7.49. The van der Waals surface area contributed by atoms with Crippen LogP contribution in [-0.2, 0) is 11.2 Å². The van der Waals surface area contributed by atoms with Gasteiger partial charge in [0, 0.05) is 20.9 Å². The van der Waals surface area contributed by atoms with Gasteiger partial charge in [0.05, 0.1) is 12.1 Å². The quantitative estimate of drug-likeness (QED) is 0.603. The number of aliphatic carboxylic acids is 1. The van der Waals surface area contributed by atoms with E-state index in [0.29, 0.717) is 11.4 Å². The second-order valence-electron chi connectivity index (χ2n) is 5.42. The molecule has 1 N–H and O–H groups in total. The van der Waals surface area contributed by atoms with E-state index in [0.717, 1.165) is 27.1 Å². The van der Waals surface area contributed by atoms with Crippen molar-refractivity contribution in [3.05, 3.63) is 75.9 Å². The van der Waals surface area contributed by atoms with Crippen LogP contribution < -0.4 is 0 Å². The number of hydrogen-bond acceptors (Lipinski definition) is 1. The Hall–Kier alpha value is -2.04. The van der Waals surface area contributed by atoms with Gasteiger partial charge in [-0.25, -0.2) is 0 Å². The molecular weight excluding hydrogens is 390 g/mol. The second kappa shape index (κ2) is 7.24. The molecule has 122 valence electrons. The van der Waals surface area contributed by atoms with Crippen LogP contribution in [0.2, 0.25) is 5.02 Å². The maximum Gasteiger partial charge on any atom is 0.303 e. The molecule has 2 aromatic carbocycles. The summed E-state index contributed by atoms with van der Waals surface area (Å²) in [5, 5.41) is 9.66. The summed E-state index contributed by atoms with van der Waals surface area (Å²) in [7, 11) is 0. The third kappa shape index (κ3) is 3.71. The normalized spacial score (nSPS) is 10.8. The van der Waals surface area contributed by atoms with Crippen molar-refractivity contribution in [1.82, 2.24) is 4.57 Å². The minimum Gasteiger partial charge on any atom is -0.481 e. The molecule has 5 heteroatoms. The Morgan fingerprint density at radius 2 is 1.67 bits per heavy atom. The van der Waals surface area contributed by atoms with Crippen LogP contribution in [0.1, 0.15) is 12.1 Å². The van der Waals surface area contributed by atoms with Crippen LogP contribution in [0.5, 0.6) is 0 Å². The Morgan fingerprint density at radius 3 is 2.29 bits per heavy atom. The zero-order chi connectivity index (χ0) is 17.1. The fourth-order valence-electron chi connectivity index (χ4n) is 2.65. The molecule has 0 atom stereocenters. The number of rotatable bonds is 5. The number of benzene rings is 2. The molecule has 0 saturated carbocycles. The van der Waals surface area contributed by atoms with Crippen molar-refractivity contribution in [1.29, 1.82) is 0 Å². The topological polar surface area (TPSA) is 42.2 Å². The maximum absolute atomic E-state index is 10.9. The molecule has 24 heavy (non-hydrogen) atoms. The molecule has 0 aliphatic heterocycles. The van der Waals surface area contributed by atoms with Crippen molar-refractivity contribution in [3.8, 4) is 16.9 Å². The molecular formula is C19H15BrClNO2. The minimum atomic E-state index is -0.802. The molecule has 0 aliphatic rings. The number of carboxylic acids is 1. The number of carbonyl (C=O) groups is 1. The lowest BCUT2D eigenvalue weighted by atomic mass is 10.1. The van der Waals surface area contributed by atoms with Gasteiger partial charge >= 0.3 is 5.97 Å². The first-order valence-corrected chi connectivity index (χ1v) is 8.66. The number of carboxylic acid groups (broad SMARTS) is 1. The summed E-state index contributed by atoms with van der Waals surface area (Å²) in [5.41, 5.74) is 4.00. The van der Waals surface area contributed by atoms with Gasteiger partial charge in [-0.2, -0.15) is 0 Å². The highest BCUT2D eigenvalue weighted by Crippen LogP contribution is 2.29. The van der Waals surface area contributed by atoms with Gasteiger partial charge in [-0.1, -0.05) is 39.7 Å². The Bertz CT molecular complexity index is 854. The van der Waals surface area contributed by atoms with E-state index in [2.05, 4.69) is 20.5 Å². The summed E-state index contributed by atoms with van der Waals surface area (Å²) < 4.78 is 3.10. The average Bonchev–Trinajstić information content (AvgIpc) is 2.98. The predicted octanol–water partition coefficient (Wildman–Crippen LogP) is 5.58. The van der Waals surface area contributed by atoms with Crippen LogP contribution in [0.3, 0.4) is 0 Å². The summed E-state index contributed by atoms with van der Waals surface area (Å²) >= 11 is 9.45. The van der Waals surface area contributed by atoms with E-state index in [-0.39, 0.29) is 6.42 Å². The van der Waals surface area contributed by atoms with E-state index < -0.39 is 5.97 Å². The van der Waals surface area contributed by atoms with Gasteiger partial charge in [0.15, 0.2) is 0 Å². The smallest absolute Gasteiger partial charge is 0.303 e. The standard InChI is InChI=1S/C19H15BrClNO2/c20-14-3-1-13(2-4-14)18-11-9-17(10-12-19(23)24)22(18)16-7-5-15(21)6-8-16/h1-9,11H,10,12H2,(H,23,24). The van der Waals surface area contributed by atoms with Gasteiger partial charge < -0.3 is 9.67 Å². The molecule has 3 nitrogen and oxygen atoms in total. The van der Waals surface area contributed by atoms with Gasteiger partial charge in [-0.05, 0) is 60.5 Å². The number of halogens is 2. The first-order chi connectivity index (χ1) is 11.5. The minimum absolute atomic E-state index is 0.0946. The van der Waals surface area contributed by atoms with Crippen LogP contribution in [0.25, 0.3) is 16.9 Å². The number of nitrogens with zero attached hydrogens (tertiary/aromatic N) is 1. The number of hydrogen-bond donors (Lipinski definition) is 1. The summed E-state index contributed by atoms with van der Waals surface area (Å²) in [5.74, 6) is -0.802. The lowest BCUT2D eigenvalue weighted by Crippen LogP contribution is -2.05. The summed E-state index contributed by atoms with van der Waals surface area (Å²) in [4.78, 5) is 10.9. The molecule has 0 saturated heterocycles. The summed E-state index contributed by atoms with van der Waals surface area (Å²) in [6, 6.07) is 19.6. The highest BCUT2D eigenvalue weighted by molar-refractivity contribution is 9.10. The molecule has 0 bridgehead atoms. The summed E-state index contributed by atoms with van der Waals surface area (Å²) in [6.07, 6.45) is 0.561. The second-order valence-corrected chi connectivity index (χ2v) is 6.77.